The van der Waals surface area contributed by atoms with Crippen LogP contribution in [-0.2, 0) is 0 Å². The minimum atomic E-state index is -0.523. The molecule has 10 heteroatoms. The van der Waals surface area contributed by atoms with Crippen LogP contribution in [0.25, 0.3) is 0 Å². The van der Waals surface area contributed by atoms with Gasteiger partial charge in [0.2, 0.25) is 0 Å². The van der Waals surface area contributed by atoms with Gasteiger partial charge in [-0.2, -0.15) is 21.0 Å². The van der Waals surface area contributed by atoms with E-state index in [0.717, 1.165) is 28.6 Å². The fraction of sp³-hybridized carbons (Fsp3) is 0.263. The van der Waals surface area contributed by atoms with E-state index in [0.29, 0.717) is 28.3 Å². The maximum atomic E-state index is 9.91. The lowest BCUT2D eigenvalue weighted by Crippen LogP contribution is -2.17. The minimum Gasteiger partial charge on any atom is -0.504 e. The molecule has 0 aliphatic rings. The monoisotopic (exact) mass is 642 g/mol. The lowest BCUT2D eigenvalue weighted by Gasteiger charge is -2.26. The molecule has 4 aromatic rings. The number of rotatable bonds is 8. The van der Waals surface area contributed by atoms with Crippen molar-refractivity contribution < 1.29 is 19.7 Å². The molecule has 0 aliphatic heterocycles. The third kappa shape index (κ3) is 8.07. The van der Waals surface area contributed by atoms with Crippen molar-refractivity contribution in [2.24, 2.45) is 0 Å². The van der Waals surface area contributed by atoms with Gasteiger partial charge in [0.25, 0.3) is 0 Å². The lowest BCUT2D eigenvalue weighted by atomic mass is 10.0. The SMILES string of the molecule is Cc1ccc(N(C)c2c(C#N)cc(O)c(O)c2C#N)cc1.Cc1ccc(N(C)c2c(C#N)cc(OC(C)C)c(OC(C)C)c2C#N)cc1. The normalized spacial score (nSPS) is 10.1. The molecule has 0 spiro atoms. The summed E-state index contributed by atoms with van der Waals surface area (Å²) in [7, 11) is 3.53. The zero-order valence-corrected chi connectivity index (χ0v) is 28.3. The molecule has 0 saturated heterocycles. The minimum absolute atomic E-state index is 0.113. The first-order valence-electron chi connectivity index (χ1n) is 15.1. The number of phenolic OH excluding ortho intramolecular Hbond substituents is 2. The van der Waals surface area contributed by atoms with E-state index in [9.17, 15) is 31.3 Å². The number of phenols is 2. The Morgan fingerprint density at radius 3 is 1.42 bits per heavy atom. The van der Waals surface area contributed by atoms with Gasteiger partial charge in [0, 0.05) is 37.6 Å². The molecule has 244 valence electrons. The maximum absolute atomic E-state index is 9.91. The second-order valence-corrected chi connectivity index (χ2v) is 11.6. The molecule has 0 heterocycles. The molecule has 0 aliphatic carbocycles. The largest absolute Gasteiger partial charge is 0.504 e. The van der Waals surface area contributed by atoms with Crippen molar-refractivity contribution in [2.75, 3.05) is 23.9 Å². The molecule has 10 nitrogen and oxygen atoms in total. The molecule has 4 rings (SSSR count). The van der Waals surface area contributed by atoms with Crippen molar-refractivity contribution in [1.29, 1.82) is 21.0 Å². The van der Waals surface area contributed by atoms with E-state index in [4.69, 9.17) is 9.47 Å². The molecule has 0 radical (unpaired) electrons. The lowest BCUT2D eigenvalue weighted by molar-refractivity contribution is 0.198. The average molecular weight is 643 g/mol. The Hall–Kier alpha value is -6.36. The van der Waals surface area contributed by atoms with Gasteiger partial charge in [-0.1, -0.05) is 35.4 Å². The molecule has 0 bridgehead atoms. The molecule has 4 aromatic carbocycles. The van der Waals surface area contributed by atoms with E-state index in [2.05, 4.69) is 12.1 Å². The number of aryl methyl sites for hydroxylation is 2. The zero-order chi connectivity index (χ0) is 35.7. The van der Waals surface area contributed by atoms with Gasteiger partial charge in [0.05, 0.1) is 34.7 Å². The Morgan fingerprint density at radius 2 is 1.02 bits per heavy atom. The molecular weight excluding hydrogens is 604 g/mol. The van der Waals surface area contributed by atoms with Crippen LogP contribution >= 0.6 is 0 Å². The van der Waals surface area contributed by atoms with Gasteiger partial charge >= 0.3 is 0 Å². The number of nitriles is 4. The molecule has 0 atom stereocenters. The predicted molar refractivity (Wildman–Crippen MR) is 185 cm³/mol. The summed E-state index contributed by atoms with van der Waals surface area (Å²) in [5, 5.41) is 57.5. The predicted octanol–water partition coefficient (Wildman–Crippen LogP) is 8.00. The first-order chi connectivity index (χ1) is 22.8. The maximum Gasteiger partial charge on any atom is 0.181 e. The summed E-state index contributed by atoms with van der Waals surface area (Å²) in [6, 6.07) is 26.4. The van der Waals surface area contributed by atoms with Crippen LogP contribution < -0.4 is 19.3 Å². The van der Waals surface area contributed by atoms with E-state index in [1.54, 1.807) is 18.0 Å². The van der Waals surface area contributed by atoms with E-state index >= 15 is 0 Å². The summed E-state index contributed by atoms with van der Waals surface area (Å²) >= 11 is 0. The number of anilines is 4. The van der Waals surface area contributed by atoms with E-state index in [1.807, 2.05) is 114 Å². The quantitative estimate of drug-likeness (QED) is 0.180. The van der Waals surface area contributed by atoms with Gasteiger partial charge in [-0.25, -0.2) is 0 Å². The van der Waals surface area contributed by atoms with Crippen molar-refractivity contribution in [2.45, 2.75) is 53.8 Å². The summed E-state index contributed by atoms with van der Waals surface area (Å²) in [5.41, 5.74) is 5.27. The van der Waals surface area contributed by atoms with Gasteiger partial charge in [-0.15, -0.1) is 0 Å². The Morgan fingerprint density at radius 1 is 0.604 bits per heavy atom. The highest BCUT2D eigenvalue weighted by molar-refractivity contribution is 5.81. The molecule has 0 saturated carbocycles. The molecular formula is C38H38N6O4. The second kappa shape index (κ2) is 15.8. The number of ether oxygens (including phenoxy) is 2. The van der Waals surface area contributed by atoms with Crippen molar-refractivity contribution >= 4 is 22.7 Å². The Labute approximate surface area is 282 Å². The van der Waals surface area contributed by atoms with Crippen molar-refractivity contribution in [3.63, 3.8) is 0 Å². The van der Waals surface area contributed by atoms with Gasteiger partial charge < -0.3 is 29.5 Å². The first-order valence-corrected chi connectivity index (χ1v) is 15.1. The van der Waals surface area contributed by atoms with Crippen LogP contribution in [0.3, 0.4) is 0 Å². The molecule has 0 unspecified atom stereocenters. The van der Waals surface area contributed by atoms with Crippen LogP contribution in [0.15, 0.2) is 60.7 Å². The number of aromatic hydroxyl groups is 2. The zero-order valence-electron chi connectivity index (χ0n) is 28.3. The van der Waals surface area contributed by atoms with Crippen molar-refractivity contribution in [3.8, 4) is 47.3 Å². The number of hydrogen-bond acceptors (Lipinski definition) is 10. The van der Waals surface area contributed by atoms with Crippen LogP contribution in [0, 0.1) is 59.2 Å². The van der Waals surface area contributed by atoms with E-state index in [-0.39, 0.29) is 29.0 Å². The van der Waals surface area contributed by atoms with Crippen LogP contribution in [0.5, 0.6) is 23.0 Å². The third-order valence-corrected chi connectivity index (χ3v) is 7.16. The molecule has 48 heavy (non-hydrogen) atoms. The van der Waals surface area contributed by atoms with E-state index < -0.39 is 11.5 Å². The highest BCUT2D eigenvalue weighted by atomic mass is 16.5. The second-order valence-electron chi connectivity index (χ2n) is 11.6. The molecule has 2 N–H and O–H groups in total. The van der Waals surface area contributed by atoms with Crippen LogP contribution in [-0.4, -0.2) is 36.5 Å². The summed E-state index contributed by atoms with van der Waals surface area (Å²) in [5.74, 6) is -0.225. The molecule has 0 fully saturated rings. The Kier molecular flexibility index (Phi) is 11.9. The van der Waals surface area contributed by atoms with Gasteiger partial charge in [0.1, 0.15) is 35.4 Å². The van der Waals surface area contributed by atoms with Gasteiger partial charge in [-0.05, 0) is 65.8 Å². The van der Waals surface area contributed by atoms with Crippen LogP contribution in [0.1, 0.15) is 61.1 Å². The highest BCUT2D eigenvalue weighted by Crippen LogP contribution is 2.43. The molecule has 0 amide bonds. The summed E-state index contributed by atoms with van der Waals surface area (Å²) in [6.45, 7) is 11.5. The first kappa shape index (κ1) is 36.1. The van der Waals surface area contributed by atoms with Crippen molar-refractivity contribution in [3.05, 3.63) is 94.0 Å². The Bertz CT molecular complexity index is 1940. The standard InChI is InChI=1S/C22H25N3O2.C16H13N3O2/c1-14(2)26-20-11-17(12-23)21(19(13-24)22(20)27-15(3)4)25(6)18-9-7-16(5)8-10-18;1-10-3-5-12(6-4-10)19(2)15-11(8-17)7-14(20)16(21)13(15)9-18/h7-11,14-15H,1-6H3;3-7,20-21H,1-2H3. The number of benzene rings is 4. The Balaban J connectivity index is 0.000000269. The topological polar surface area (TPSA) is 161 Å². The number of hydrogen-bond donors (Lipinski definition) is 2. The number of nitrogens with zero attached hydrogens (tertiary/aromatic N) is 6. The fourth-order valence-electron chi connectivity index (χ4n) is 4.84. The summed E-state index contributed by atoms with van der Waals surface area (Å²) < 4.78 is 11.8. The van der Waals surface area contributed by atoms with E-state index in [1.165, 1.54) is 0 Å². The fourth-order valence-corrected chi connectivity index (χ4v) is 4.84. The van der Waals surface area contributed by atoms with Crippen molar-refractivity contribution in [1.82, 2.24) is 0 Å². The summed E-state index contributed by atoms with van der Waals surface area (Å²) in [4.78, 5) is 3.47. The smallest absolute Gasteiger partial charge is 0.181 e. The highest BCUT2D eigenvalue weighted by Gasteiger charge is 2.25. The van der Waals surface area contributed by atoms with Crippen LogP contribution in [0.2, 0.25) is 0 Å². The van der Waals surface area contributed by atoms with Gasteiger partial charge in [-0.3, -0.25) is 0 Å². The van der Waals surface area contributed by atoms with Gasteiger partial charge in [0.15, 0.2) is 23.0 Å². The average Bonchev–Trinajstić information content (AvgIpc) is 3.06. The third-order valence-electron chi connectivity index (χ3n) is 7.16. The summed E-state index contributed by atoms with van der Waals surface area (Å²) in [6.07, 6.45) is -0.254. The molecule has 0 aromatic heterocycles. The van der Waals surface area contributed by atoms with Crippen LogP contribution in [0.4, 0.5) is 22.7 Å².